The zero-order chi connectivity index (χ0) is 15.4. The van der Waals surface area contributed by atoms with E-state index < -0.39 is 5.60 Å². The molecule has 0 amide bonds. The Morgan fingerprint density at radius 2 is 1.77 bits per heavy atom. The minimum atomic E-state index is -0.514. The van der Waals surface area contributed by atoms with Crippen molar-refractivity contribution in [1.29, 1.82) is 0 Å². The molecule has 3 rings (SSSR count). The zero-order valence-electron chi connectivity index (χ0n) is 13.6. The highest BCUT2D eigenvalue weighted by Gasteiger charge is 2.34. The molecule has 0 bridgehead atoms. The van der Waals surface area contributed by atoms with Crippen molar-refractivity contribution < 1.29 is 5.11 Å². The van der Waals surface area contributed by atoms with Crippen molar-refractivity contribution in [3.05, 3.63) is 30.1 Å². The minimum Gasteiger partial charge on any atom is -0.387 e. The van der Waals surface area contributed by atoms with Gasteiger partial charge in [-0.2, -0.15) is 0 Å². The summed E-state index contributed by atoms with van der Waals surface area (Å²) in [6.45, 7) is 8.01. The fourth-order valence-electron chi connectivity index (χ4n) is 3.74. The van der Waals surface area contributed by atoms with E-state index in [1.54, 1.807) is 0 Å². The Balaban J connectivity index is 1.45. The van der Waals surface area contributed by atoms with Crippen LogP contribution in [0.2, 0.25) is 0 Å². The van der Waals surface area contributed by atoms with Gasteiger partial charge in [0, 0.05) is 58.2 Å². The molecule has 22 heavy (non-hydrogen) atoms. The van der Waals surface area contributed by atoms with Gasteiger partial charge in [-0.15, -0.1) is 0 Å². The number of rotatable bonds is 4. The quantitative estimate of drug-likeness (QED) is 0.885. The highest BCUT2D eigenvalue weighted by molar-refractivity contribution is 5.09. The van der Waals surface area contributed by atoms with Gasteiger partial charge in [-0.1, -0.05) is 0 Å². The van der Waals surface area contributed by atoms with Crippen LogP contribution in [0.25, 0.3) is 0 Å². The van der Waals surface area contributed by atoms with Crippen molar-refractivity contribution in [3.63, 3.8) is 0 Å². The van der Waals surface area contributed by atoms with Gasteiger partial charge in [0.25, 0.3) is 0 Å². The van der Waals surface area contributed by atoms with Crippen LogP contribution in [-0.4, -0.2) is 83.3 Å². The van der Waals surface area contributed by atoms with Crippen LogP contribution in [-0.2, 0) is 6.54 Å². The fraction of sp³-hybridized carbons (Fsp3) is 0.706. The van der Waals surface area contributed by atoms with E-state index in [0.717, 1.165) is 65.2 Å². The number of nitrogens with zero attached hydrogens (tertiary/aromatic N) is 4. The lowest BCUT2D eigenvalue weighted by atomic mass is 9.92. The van der Waals surface area contributed by atoms with Crippen molar-refractivity contribution in [2.45, 2.75) is 25.0 Å². The molecule has 122 valence electrons. The number of aromatic nitrogens is 1. The molecule has 1 aromatic rings. The number of hydrogen-bond donors (Lipinski definition) is 1. The van der Waals surface area contributed by atoms with Gasteiger partial charge in [-0.25, -0.2) is 0 Å². The number of piperazine rings is 1. The predicted molar refractivity (Wildman–Crippen MR) is 87.6 cm³/mol. The number of piperidine rings is 1. The summed E-state index contributed by atoms with van der Waals surface area (Å²) in [5.74, 6) is 0. The van der Waals surface area contributed by atoms with Gasteiger partial charge in [-0.05, 0) is 44.1 Å². The van der Waals surface area contributed by atoms with Gasteiger partial charge < -0.3 is 10.0 Å². The van der Waals surface area contributed by atoms with Crippen LogP contribution in [0.4, 0.5) is 0 Å². The Morgan fingerprint density at radius 3 is 2.45 bits per heavy atom. The Hall–Kier alpha value is -1.01. The second-order valence-corrected chi connectivity index (χ2v) is 6.97. The highest BCUT2D eigenvalue weighted by Crippen LogP contribution is 2.22. The fourth-order valence-corrected chi connectivity index (χ4v) is 3.74. The monoisotopic (exact) mass is 304 g/mol. The molecule has 0 aliphatic carbocycles. The lowest BCUT2D eigenvalue weighted by Crippen LogP contribution is -2.56. The maximum absolute atomic E-state index is 10.8. The summed E-state index contributed by atoms with van der Waals surface area (Å²) in [5, 5.41) is 10.8. The average Bonchev–Trinajstić information content (AvgIpc) is 2.50. The largest absolute Gasteiger partial charge is 0.387 e. The standard InChI is InChI=1S/C17H28N4O/c1-19-8-2-5-17(22,14-19)15-21-11-9-20(10-12-21)13-16-3-6-18-7-4-16/h3-4,6-7,22H,2,5,8-15H2,1H3/t17-/m1/s1. The molecule has 0 saturated carbocycles. The molecule has 0 unspecified atom stereocenters. The highest BCUT2D eigenvalue weighted by atomic mass is 16.3. The van der Waals surface area contributed by atoms with Crippen molar-refractivity contribution in [2.24, 2.45) is 0 Å². The van der Waals surface area contributed by atoms with Crippen LogP contribution in [0, 0.1) is 0 Å². The molecule has 2 aliphatic rings. The van der Waals surface area contributed by atoms with Gasteiger partial charge in [0.1, 0.15) is 0 Å². The molecule has 1 aromatic heterocycles. The van der Waals surface area contributed by atoms with E-state index in [1.807, 2.05) is 12.4 Å². The van der Waals surface area contributed by atoms with E-state index >= 15 is 0 Å². The Labute approximate surface area is 133 Å². The first-order valence-corrected chi connectivity index (χ1v) is 8.38. The van der Waals surface area contributed by atoms with Crippen molar-refractivity contribution in [3.8, 4) is 0 Å². The van der Waals surface area contributed by atoms with E-state index in [4.69, 9.17) is 0 Å². The molecule has 2 fully saturated rings. The Morgan fingerprint density at radius 1 is 1.09 bits per heavy atom. The molecule has 2 saturated heterocycles. The van der Waals surface area contributed by atoms with Crippen molar-refractivity contribution >= 4 is 0 Å². The summed E-state index contributed by atoms with van der Waals surface area (Å²) in [5.41, 5.74) is 0.816. The molecular formula is C17H28N4O. The average molecular weight is 304 g/mol. The van der Waals surface area contributed by atoms with Gasteiger partial charge in [0.15, 0.2) is 0 Å². The maximum Gasteiger partial charge on any atom is 0.0900 e. The Kier molecular flexibility index (Phi) is 5.08. The minimum absolute atomic E-state index is 0.514. The number of β-amino-alcohol motifs (C(OH)–C–C–N with tert-alkyl or cyclic N) is 1. The Bertz CT molecular complexity index is 461. The molecular weight excluding hydrogens is 276 g/mol. The first-order chi connectivity index (χ1) is 10.6. The summed E-state index contributed by atoms with van der Waals surface area (Å²) in [7, 11) is 2.11. The lowest BCUT2D eigenvalue weighted by molar-refractivity contribution is -0.0544. The molecule has 3 heterocycles. The van der Waals surface area contributed by atoms with E-state index in [2.05, 4.69) is 38.9 Å². The predicted octanol–water partition coefficient (Wildman–Crippen LogP) is 0.656. The van der Waals surface area contributed by atoms with Crippen LogP contribution in [0.1, 0.15) is 18.4 Å². The third kappa shape index (κ3) is 4.26. The number of pyridine rings is 1. The first kappa shape index (κ1) is 15.9. The smallest absolute Gasteiger partial charge is 0.0900 e. The SMILES string of the molecule is CN1CCC[C@](O)(CN2CCN(Cc3ccncc3)CC2)C1. The number of aliphatic hydroxyl groups is 1. The molecule has 0 aromatic carbocycles. The summed E-state index contributed by atoms with van der Waals surface area (Å²) in [4.78, 5) is 11.2. The molecule has 1 N–H and O–H groups in total. The second kappa shape index (κ2) is 7.04. The topological polar surface area (TPSA) is 42.8 Å². The van der Waals surface area contributed by atoms with Crippen LogP contribution in [0.5, 0.6) is 0 Å². The van der Waals surface area contributed by atoms with Crippen molar-refractivity contribution in [1.82, 2.24) is 19.7 Å². The summed E-state index contributed by atoms with van der Waals surface area (Å²) in [6, 6.07) is 4.18. The maximum atomic E-state index is 10.8. The van der Waals surface area contributed by atoms with E-state index in [0.29, 0.717) is 0 Å². The first-order valence-electron chi connectivity index (χ1n) is 8.38. The van der Waals surface area contributed by atoms with Crippen LogP contribution >= 0.6 is 0 Å². The normalized spacial score (nSPS) is 28.8. The molecule has 2 aliphatic heterocycles. The van der Waals surface area contributed by atoms with E-state index in [9.17, 15) is 5.11 Å². The molecule has 1 atom stereocenters. The van der Waals surface area contributed by atoms with Gasteiger partial charge in [-0.3, -0.25) is 14.8 Å². The third-order valence-corrected chi connectivity index (χ3v) is 4.88. The van der Waals surface area contributed by atoms with Crippen LogP contribution in [0.15, 0.2) is 24.5 Å². The second-order valence-electron chi connectivity index (χ2n) is 6.97. The van der Waals surface area contributed by atoms with Gasteiger partial charge in [0.2, 0.25) is 0 Å². The van der Waals surface area contributed by atoms with E-state index in [1.165, 1.54) is 5.56 Å². The molecule has 5 heteroatoms. The van der Waals surface area contributed by atoms with E-state index in [-0.39, 0.29) is 0 Å². The molecule has 5 nitrogen and oxygen atoms in total. The van der Waals surface area contributed by atoms with Crippen molar-refractivity contribution in [2.75, 3.05) is 52.9 Å². The zero-order valence-corrected chi connectivity index (χ0v) is 13.6. The van der Waals surface area contributed by atoms with Crippen LogP contribution in [0.3, 0.4) is 0 Å². The lowest BCUT2D eigenvalue weighted by Gasteiger charge is -2.43. The molecule has 0 spiro atoms. The molecule has 0 radical (unpaired) electrons. The third-order valence-electron chi connectivity index (χ3n) is 4.88. The summed E-state index contributed by atoms with van der Waals surface area (Å²) >= 11 is 0. The van der Waals surface area contributed by atoms with Gasteiger partial charge in [0.05, 0.1) is 5.60 Å². The number of hydrogen-bond acceptors (Lipinski definition) is 5. The summed E-state index contributed by atoms with van der Waals surface area (Å²) in [6.07, 6.45) is 5.77. The number of likely N-dealkylation sites (tertiary alicyclic amines) is 1. The van der Waals surface area contributed by atoms with Gasteiger partial charge >= 0.3 is 0 Å². The number of likely N-dealkylation sites (N-methyl/N-ethyl adjacent to an activating group) is 1. The summed E-state index contributed by atoms with van der Waals surface area (Å²) < 4.78 is 0. The van der Waals surface area contributed by atoms with Crippen LogP contribution < -0.4 is 0 Å².